The summed E-state index contributed by atoms with van der Waals surface area (Å²) in [5.74, 6) is 1.81. The summed E-state index contributed by atoms with van der Waals surface area (Å²) in [6.07, 6.45) is 0.590. The maximum Gasteiger partial charge on any atom is 0.228 e. The van der Waals surface area contributed by atoms with E-state index < -0.39 is 0 Å². The second-order valence-electron chi connectivity index (χ2n) is 5.87. The Hall–Kier alpha value is -2.45. The fourth-order valence-electron chi connectivity index (χ4n) is 2.51. The number of nitrogens with zero attached hydrogens (tertiary/aromatic N) is 4. The molecule has 0 unspecified atom stereocenters. The third kappa shape index (κ3) is 5.27. The van der Waals surface area contributed by atoms with Crippen molar-refractivity contribution >= 4 is 28.9 Å². The lowest BCUT2D eigenvalue weighted by Crippen LogP contribution is -2.37. The van der Waals surface area contributed by atoms with Crippen molar-refractivity contribution in [2.75, 3.05) is 13.6 Å². The molecule has 0 radical (unpaired) electrons. The molecule has 9 heteroatoms. The molecule has 142 valence electrons. The van der Waals surface area contributed by atoms with Gasteiger partial charge in [-0.3, -0.25) is 4.99 Å². The van der Waals surface area contributed by atoms with Crippen LogP contribution in [0, 0.1) is 13.8 Å². The number of halogens is 1. The molecule has 0 atom stereocenters. The Morgan fingerprint density at radius 1 is 1.26 bits per heavy atom. The van der Waals surface area contributed by atoms with Gasteiger partial charge in [-0.05, 0) is 26.0 Å². The molecular weight excluding hydrogens is 384 g/mol. The molecule has 2 aromatic heterocycles. The first kappa shape index (κ1) is 19.3. The van der Waals surface area contributed by atoms with Crippen LogP contribution in [-0.2, 0) is 13.0 Å². The summed E-state index contributed by atoms with van der Waals surface area (Å²) in [7, 11) is 1.74. The van der Waals surface area contributed by atoms with Crippen LogP contribution in [0.25, 0.3) is 11.4 Å². The molecule has 0 aliphatic carbocycles. The molecule has 0 aliphatic heterocycles. The highest BCUT2D eigenvalue weighted by atomic mass is 35.5. The smallest absolute Gasteiger partial charge is 0.228 e. The standard InChI is InChI=1S/C18H21ClN6OS/c1-11-15(27-12(2)23-11)10-22-18(20-3)21-8-7-16-24-17(25-26-16)13-5-4-6-14(19)9-13/h4-6,9H,7-8,10H2,1-3H3,(H2,20,21,22). The number of aromatic nitrogens is 3. The Morgan fingerprint density at radius 2 is 2.11 bits per heavy atom. The lowest BCUT2D eigenvalue weighted by atomic mass is 10.2. The number of hydrogen-bond acceptors (Lipinski definition) is 6. The first-order chi connectivity index (χ1) is 13.0. The summed E-state index contributed by atoms with van der Waals surface area (Å²) in [6, 6.07) is 7.37. The zero-order valence-electron chi connectivity index (χ0n) is 15.4. The monoisotopic (exact) mass is 404 g/mol. The molecule has 0 amide bonds. The highest BCUT2D eigenvalue weighted by Gasteiger charge is 2.10. The molecule has 2 heterocycles. The van der Waals surface area contributed by atoms with Gasteiger partial charge in [-0.2, -0.15) is 4.98 Å². The van der Waals surface area contributed by atoms with Crippen molar-refractivity contribution in [1.29, 1.82) is 0 Å². The average molecular weight is 405 g/mol. The highest BCUT2D eigenvalue weighted by Crippen LogP contribution is 2.20. The predicted molar refractivity (Wildman–Crippen MR) is 108 cm³/mol. The fraction of sp³-hybridized carbons (Fsp3) is 0.333. The molecule has 0 bridgehead atoms. The summed E-state index contributed by atoms with van der Waals surface area (Å²) in [5, 5.41) is 12.3. The van der Waals surface area contributed by atoms with Gasteiger partial charge in [0.1, 0.15) is 0 Å². The lowest BCUT2D eigenvalue weighted by molar-refractivity contribution is 0.378. The average Bonchev–Trinajstić information content (AvgIpc) is 3.24. The highest BCUT2D eigenvalue weighted by molar-refractivity contribution is 7.11. The molecular formula is C18H21ClN6OS. The fourth-order valence-corrected chi connectivity index (χ4v) is 3.58. The van der Waals surface area contributed by atoms with E-state index in [9.17, 15) is 0 Å². The van der Waals surface area contributed by atoms with Gasteiger partial charge in [0, 0.05) is 35.5 Å². The zero-order valence-corrected chi connectivity index (χ0v) is 17.0. The van der Waals surface area contributed by atoms with Crippen LogP contribution in [0.4, 0.5) is 0 Å². The number of rotatable bonds is 6. The van der Waals surface area contributed by atoms with Crippen molar-refractivity contribution in [3.8, 4) is 11.4 Å². The van der Waals surface area contributed by atoms with Crippen LogP contribution < -0.4 is 10.6 Å². The largest absolute Gasteiger partial charge is 0.356 e. The van der Waals surface area contributed by atoms with Crippen LogP contribution >= 0.6 is 22.9 Å². The topological polar surface area (TPSA) is 88.2 Å². The van der Waals surface area contributed by atoms with Gasteiger partial charge in [-0.25, -0.2) is 4.98 Å². The van der Waals surface area contributed by atoms with Crippen molar-refractivity contribution in [3.63, 3.8) is 0 Å². The maximum absolute atomic E-state index is 6.00. The molecule has 3 rings (SSSR count). The number of benzene rings is 1. The molecule has 1 aromatic carbocycles. The minimum atomic E-state index is 0.533. The van der Waals surface area contributed by atoms with Gasteiger partial charge >= 0.3 is 0 Å². The Bertz CT molecular complexity index is 936. The second-order valence-corrected chi connectivity index (χ2v) is 7.59. The quantitative estimate of drug-likeness (QED) is 0.483. The first-order valence-corrected chi connectivity index (χ1v) is 9.70. The Morgan fingerprint density at radius 3 is 2.81 bits per heavy atom. The Kier molecular flexibility index (Phi) is 6.41. The molecule has 0 saturated heterocycles. The second kappa shape index (κ2) is 8.96. The van der Waals surface area contributed by atoms with Crippen molar-refractivity contribution in [2.24, 2.45) is 4.99 Å². The molecule has 7 nitrogen and oxygen atoms in total. The van der Waals surface area contributed by atoms with Gasteiger partial charge in [0.25, 0.3) is 0 Å². The summed E-state index contributed by atoms with van der Waals surface area (Å²) >= 11 is 7.69. The number of nitrogens with one attached hydrogen (secondary N) is 2. The zero-order chi connectivity index (χ0) is 19.2. The van der Waals surface area contributed by atoms with Gasteiger partial charge in [-0.15, -0.1) is 11.3 Å². The van der Waals surface area contributed by atoms with Crippen molar-refractivity contribution in [1.82, 2.24) is 25.8 Å². The summed E-state index contributed by atoms with van der Waals surface area (Å²) in [5.41, 5.74) is 1.89. The van der Waals surface area contributed by atoms with Gasteiger partial charge in [-0.1, -0.05) is 28.9 Å². The SMILES string of the molecule is CN=C(NCCc1nc(-c2cccc(Cl)c2)no1)NCc1sc(C)nc1C. The van der Waals surface area contributed by atoms with Crippen molar-refractivity contribution < 1.29 is 4.52 Å². The molecule has 2 N–H and O–H groups in total. The number of aryl methyl sites for hydroxylation is 2. The van der Waals surface area contributed by atoms with Gasteiger partial charge in [0.2, 0.25) is 11.7 Å². The van der Waals surface area contributed by atoms with Crippen LogP contribution in [0.2, 0.25) is 5.02 Å². The Labute approximate surface area is 166 Å². The van der Waals surface area contributed by atoms with E-state index in [1.54, 1.807) is 18.4 Å². The van der Waals surface area contributed by atoms with E-state index in [1.165, 1.54) is 4.88 Å². The van der Waals surface area contributed by atoms with E-state index >= 15 is 0 Å². The van der Waals surface area contributed by atoms with E-state index in [4.69, 9.17) is 16.1 Å². The number of aliphatic imine (C=N–C) groups is 1. The molecule has 0 spiro atoms. The number of thiazole rings is 1. The third-order valence-electron chi connectivity index (χ3n) is 3.82. The van der Waals surface area contributed by atoms with E-state index in [0.29, 0.717) is 36.2 Å². The van der Waals surface area contributed by atoms with Gasteiger partial charge in [0.05, 0.1) is 17.2 Å². The van der Waals surface area contributed by atoms with Crippen LogP contribution in [0.1, 0.15) is 21.5 Å². The van der Waals surface area contributed by atoms with E-state index in [1.807, 2.05) is 38.1 Å². The van der Waals surface area contributed by atoms with E-state index in [-0.39, 0.29) is 0 Å². The predicted octanol–water partition coefficient (Wildman–Crippen LogP) is 3.37. The molecule has 0 saturated carbocycles. The minimum absolute atomic E-state index is 0.533. The lowest BCUT2D eigenvalue weighted by Gasteiger charge is -2.10. The van der Waals surface area contributed by atoms with E-state index in [0.717, 1.165) is 22.2 Å². The molecule has 27 heavy (non-hydrogen) atoms. The molecule has 0 fully saturated rings. The third-order valence-corrected chi connectivity index (χ3v) is 5.13. The van der Waals surface area contributed by atoms with E-state index in [2.05, 4.69) is 30.8 Å². The molecule has 0 aliphatic rings. The number of hydrogen-bond donors (Lipinski definition) is 2. The van der Waals surface area contributed by atoms with Crippen LogP contribution in [0.15, 0.2) is 33.8 Å². The Balaban J connectivity index is 1.49. The number of guanidine groups is 1. The molecule has 3 aromatic rings. The van der Waals surface area contributed by atoms with Crippen LogP contribution in [0.3, 0.4) is 0 Å². The van der Waals surface area contributed by atoms with Crippen LogP contribution in [-0.4, -0.2) is 34.7 Å². The first-order valence-electron chi connectivity index (χ1n) is 8.51. The van der Waals surface area contributed by atoms with Crippen molar-refractivity contribution in [2.45, 2.75) is 26.8 Å². The summed E-state index contributed by atoms with van der Waals surface area (Å²) in [4.78, 5) is 14.3. The van der Waals surface area contributed by atoms with Crippen LogP contribution in [0.5, 0.6) is 0 Å². The minimum Gasteiger partial charge on any atom is -0.356 e. The summed E-state index contributed by atoms with van der Waals surface area (Å²) < 4.78 is 5.31. The van der Waals surface area contributed by atoms with Gasteiger partial charge < -0.3 is 15.2 Å². The summed E-state index contributed by atoms with van der Waals surface area (Å²) in [6.45, 7) is 5.34. The van der Waals surface area contributed by atoms with Crippen molar-refractivity contribution in [3.05, 3.63) is 50.8 Å². The maximum atomic E-state index is 6.00. The normalized spacial score (nSPS) is 11.6. The van der Waals surface area contributed by atoms with Gasteiger partial charge in [0.15, 0.2) is 5.96 Å².